The van der Waals surface area contributed by atoms with E-state index in [1.807, 2.05) is 0 Å². The summed E-state index contributed by atoms with van der Waals surface area (Å²) < 4.78 is 5.91. The number of nitrogens with one attached hydrogen (secondary N) is 1. The molecule has 3 atom stereocenters. The maximum Gasteiger partial charge on any atom is 0.0523 e. The van der Waals surface area contributed by atoms with Crippen LogP contribution in [0, 0.1) is 17.3 Å². The summed E-state index contributed by atoms with van der Waals surface area (Å²) in [5.74, 6) is 1.61. The predicted molar refractivity (Wildman–Crippen MR) is 83.5 cm³/mol. The molecule has 1 saturated carbocycles. The quantitative estimate of drug-likeness (QED) is 0.746. The Balaban J connectivity index is 2.63. The summed E-state index contributed by atoms with van der Waals surface area (Å²) in [6, 6.07) is 0.675. The van der Waals surface area contributed by atoms with Gasteiger partial charge >= 0.3 is 0 Å². The van der Waals surface area contributed by atoms with Crippen LogP contribution in [0.3, 0.4) is 0 Å². The molecular weight excluding hydrogens is 234 g/mol. The third-order valence-corrected chi connectivity index (χ3v) is 4.56. The van der Waals surface area contributed by atoms with Crippen molar-refractivity contribution in [2.24, 2.45) is 17.3 Å². The van der Waals surface area contributed by atoms with E-state index >= 15 is 0 Å². The molecule has 2 heteroatoms. The smallest absolute Gasteiger partial charge is 0.0523 e. The minimum atomic E-state index is 0.274. The lowest BCUT2D eigenvalue weighted by Crippen LogP contribution is -2.48. The van der Waals surface area contributed by atoms with Gasteiger partial charge in [0.1, 0.15) is 0 Å². The highest BCUT2D eigenvalue weighted by molar-refractivity contribution is 4.92. The number of hydrogen-bond acceptors (Lipinski definition) is 2. The molecule has 19 heavy (non-hydrogen) atoms. The van der Waals surface area contributed by atoms with Gasteiger partial charge < -0.3 is 10.1 Å². The second-order valence-electron chi connectivity index (χ2n) is 7.43. The Morgan fingerprint density at radius 2 is 1.95 bits per heavy atom. The van der Waals surface area contributed by atoms with Gasteiger partial charge in [-0.25, -0.2) is 0 Å². The number of rotatable bonds is 7. The van der Waals surface area contributed by atoms with Gasteiger partial charge in [-0.3, -0.25) is 0 Å². The lowest BCUT2D eigenvalue weighted by molar-refractivity contribution is -0.0254. The van der Waals surface area contributed by atoms with E-state index < -0.39 is 0 Å². The molecule has 1 fully saturated rings. The minimum Gasteiger partial charge on any atom is -0.378 e. The highest BCUT2D eigenvalue weighted by Gasteiger charge is 2.38. The molecule has 0 heterocycles. The standard InChI is InChI=1S/C17H35NO/c1-7-10-18-16-11-14(4)8-9-15(16)17(5,6)12-19-13(2)3/h13-16,18H,7-12H2,1-6H3. The summed E-state index contributed by atoms with van der Waals surface area (Å²) in [5, 5.41) is 3.79. The fourth-order valence-electron chi connectivity index (χ4n) is 3.36. The third kappa shape index (κ3) is 5.43. The van der Waals surface area contributed by atoms with Crippen LogP contribution >= 0.6 is 0 Å². The van der Waals surface area contributed by atoms with Crippen LogP contribution in [-0.2, 0) is 4.74 Å². The molecule has 1 aliphatic carbocycles. The first kappa shape index (κ1) is 17.0. The fourth-order valence-corrected chi connectivity index (χ4v) is 3.36. The zero-order valence-corrected chi connectivity index (χ0v) is 14.0. The second-order valence-corrected chi connectivity index (χ2v) is 7.43. The van der Waals surface area contributed by atoms with E-state index in [0.717, 1.165) is 25.0 Å². The van der Waals surface area contributed by atoms with Crippen LogP contribution in [0.4, 0.5) is 0 Å². The molecule has 0 bridgehead atoms. The molecular formula is C17H35NO. The van der Waals surface area contributed by atoms with Crippen molar-refractivity contribution in [3.05, 3.63) is 0 Å². The second kappa shape index (κ2) is 7.64. The Hall–Kier alpha value is -0.0800. The van der Waals surface area contributed by atoms with E-state index in [1.165, 1.54) is 25.7 Å². The summed E-state index contributed by atoms with van der Waals surface area (Å²) in [6.45, 7) is 15.7. The van der Waals surface area contributed by atoms with E-state index in [4.69, 9.17) is 4.74 Å². The van der Waals surface area contributed by atoms with Gasteiger partial charge in [-0.15, -0.1) is 0 Å². The normalized spacial score (nSPS) is 28.9. The average Bonchev–Trinajstić information content (AvgIpc) is 2.34. The summed E-state index contributed by atoms with van der Waals surface area (Å²) in [6.07, 6.45) is 5.61. The Morgan fingerprint density at radius 3 is 2.53 bits per heavy atom. The number of ether oxygens (including phenoxy) is 1. The predicted octanol–water partition coefficient (Wildman–Crippen LogP) is 4.24. The Kier molecular flexibility index (Phi) is 6.82. The van der Waals surface area contributed by atoms with Crippen molar-refractivity contribution in [1.29, 1.82) is 0 Å². The molecule has 0 saturated heterocycles. The van der Waals surface area contributed by atoms with Gasteiger partial charge in [0.2, 0.25) is 0 Å². The molecule has 2 nitrogen and oxygen atoms in total. The molecule has 0 aromatic heterocycles. The van der Waals surface area contributed by atoms with Crippen LogP contribution in [0.1, 0.15) is 67.2 Å². The topological polar surface area (TPSA) is 21.3 Å². The molecule has 1 N–H and O–H groups in total. The van der Waals surface area contributed by atoms with Crippen molar-refractivity contribution in [1.82, 2.24) is 5.32 Å². The van der Waals surface area contributed by atoms with Gasteiger partial charge in [0.25, 0.3) is 0 Å². The summed E-state index contributed by atoms with van der Waals surface area (Å²) >= 11 is 0. The Bertz CT molecular complexity index is 250. The maximum atomic E-state index is 5.91. The van der Waals surface area contributed by atoms with Crippen LogP contribution in [-0.4, -0.2) is 25.3 Å². The monoisotopic (exact) mass is 269 g/mol. The average molecular weight is 269 g/mol. The highest BCUT2D eigenvalue weighted by Crippen LogP contribution is 2.40. The van der Waals surface area contributed by atoms with Gasteiger partial charge in [0.15, 0.2) is 0 Å². The van der Waals surface area contributed by atoms with E-state index in [0.29, 0.717) is 12.1 Å². The van der Waals surface area contributed by atoms with E-state index in [9.17, 15) is 0 Å². The molecule has 0 aromatic carbocycles. The van der Waals surface area contributed by atoms with Gasteiger partial charge in [-0.2, -0.15) is 0 Å². The van der Waals surface area contributed by atoms with Crippen LogP contribution in [0.2, 0.25) is 0 Å². The van der Waals surface area contributed by atoms with E-state index in [1.54, 1.807) is 0 Å². The molecule has 114 valence electrons. The summed E-state index contributed by atoms with van der Waals surface area (Å²) in [7, 11) is 0. The first-order valence-corrected chi connectivity index (χ1v) is 8.21. The molecule has 1 aliphatic rings. The zero-order chi connectivity index (χ0) is 14.5. The van der Waals surface area contributed by atoms with Crippen LogP contribution in [0.5, 0.6) is 0 Å². The first-order chi connectivity index (χ1) is 8.86. The van der Waals surface area contributed by atoms with Crippen molar-refractivity contribution < 1.29 is 4.74 Å². The molecule has 0 spiro atoms. The fraction of sp³-hybridized carbons (Fsp3) is 1.00. The van der Waals surface area contributed by atoms with Gasteiger partial charge in [-0.05, 0) is 56.9 Å². The molecule has 0 amide bonds. The van der Waals surface area contributed by atoms with Crippen molar-refractivity contribution in [3.63, 3.8) is 0 Å². The lowest BCUT2D eigenvalue weighted by Gasteiger charge is -2.44. The number of hydrogen-bond donors (Lipinski definition) is 1. The Morgan fingerprint density at radius 1 is 1.26 bits per heavy atom. The largest absolute Gasteiger partial charge is 0.378 e. The van der Waals surface area contributed by atoms with E-state index in [-0.39, 0.29) is 5.41 Å². The van der Waals surface area contributed by atoms with Crippen molar-refractivity contribution >= 4 is 0 Å². The van der Waals surface area contributed by atoms with Gasteiger partial charge in [0.05, 0.1) is 12.7 Å². The summed E-state index contributed by atoms with van der Waals surface area (Å²) in [4.78, 5) is 0. The Labute approximate surface area is 120 Å². The molecule has 1 rings (SSSR count). The zero-order valence-electron chi connectivity index (χ0n) is 14.0. The van der Waals surface area contributed by atoms with Crippen LogP contribution < -0.4 is 5.32 Å². The van der Waals surface area contributed by atoms with Gasteiger partial charge in [0, 0.05) is 6.04 Å². The van der Waals surface area contributed by atoms with Gasteiger partial charge in [-0.1, -0.05) is 34.1 Å². The molecule has 0 radical (unpaired) electrons. The first-order valence-electron chi connectivity index (χ1n) is 8.21. The SMILES string of the molecule is CCCNC1CC(C)CCC1C(C)(C)COC(C)C. The van der Waals surface area contributed by atoms with Crippen molar-refractivity contribution in [2.75, 3.05) is 13.2 Å². The molecule has 0 aromatic rings. The van der Waals surface area contributed by atoms with Crippen molar-refractivity contribution in [2.45, 2.75) is 79.4 Å². The lowest BCUT2D eigenvalue weighted by atomic mass is 9.66. The molecule has 3 unspecified atom stereocenters. The van der Waals surface area contributed by atoms with E-state index in [2.05, 4.69) is 46.9 Å². The summed E-state index contributed by atoms with van der Waals surface area (Å²) in [5.41, 5.74) is 0.274. The van der Waals surface area contributed by atoms with Crippen LogP contribution in [0.15, 0.2) is 0 Å². The highest BCUT2D eigenvalue weighted by atomic mass is 16.5. The van der Waals surface area contributed by atoms with Crippen molar-refractivity contribution in [3.8, 4) is 0 Å². The molecule has 0 aliphatic heterocycles. The maximum absolute atomic E-state index is 5.91. The minimum absolute atomic E-state index is 0.274. The third-order valence-electron chi connectivity index (χ3n) is 4.56. The van der Waals surface area contributed by atoms with Crippen LogP contribution in [0.25, 0.3) is 0 Å².